The molecule has 0 atom stereocenters. The van der Waals surface area contributed by atoms with Crippen LogP contribution in [-0.2, 0) is 24.9 Å². The lowest BCUT2D eigenvalue weighted by Crippen LogP contribution is -2.26. The van der Waals surface area contributed by atoms with Crippen LogP contribution in [0.15, 0.2) is 47.8 Å². The topological polar surface area (TPSA) is 63.7 Å². The van der Waals surface area contributed by atoms with Crippen LogP contribution >= 0.6 is 11.3 Å². The third-order valence-corrected chi connectivity index (χ3v) is 7.18. The van der Waals surface area contributed by atoms with Gasteiger partial charge in [0.05, 0.1) is 20.8 Å². The van der Waals surface area contributed by atoms with E-state index in [2.05, 4.69) is 73.2 Å². The lowest BCUT2D eigenvalue weighted by molar-refractivity contribution is 0.0948. The molecule has 2 aromatic carbocycles. The van der Waals surface area contributed by atoms with Crippen molar-refractivity contribution in [2.75, 3.05) is 27.3 Å². The molecule has 0 saturated carbocycles. The summed E-state index contributed by atoms with van der Waals surface area (Å²) >= 11 is 1.54. The van der Waals surface area contributed by atoms with Crippen LogP contribution in [0.1, 0.15) is 72.7 Å². The molecule has 200 valence electrons. The van der Waals surface area contributed by atoms with Gasteiger partial charge in [0.15, 0.2) is 11.5 Å². The van der Waals surface area contributed by atoms with Gasteiger partial charge in [0.25, 0.3) is 5.91 Å². The van der Waals surface area contributed by atoms with Gasteiger partial charge in [-0.1, -0.05) is 64.4 Å². The van der Waals surface area contributed by atoms with Gasteiger partial charge in [-0.05, 0) is 47.1 Å². The summed E-state index contributed by atoms with van der Waals surface area (Å²) in [6, 6.07) is 15.0. The van der Waals surface area contributed by atoms with Crippen molar-refractivity contribution >= 4 is 17.2 Å². The highest BCUT2D eigenvalue weighted by Crippen LogP contribution is 2.28. The zero-order chi connectivity index (χ0) is 26.8. The molecular formula is C30H41N3O3S. The van der Waals surface area contributed by atoms with E-state index in [9.17, 15) is 4.79 Å². The molecular weight excluding hydrogens is 482 g/mol. The number of amides is 1. The quantitative estimate of drug-likeness (QED) is 0.269. The summed E-state index contributed by atoms with van der Waals surface area (Å²) in [5.41, 5.74) is 4.40. The number of hydrogen-bond donors (Lipinski definition) is 1. The first-order chi connectivity index (χ1) is 17.7. The standard InChI is InChI=1S/C30H41N3O3S/c1-7-8-16-31-29(34)25-21-37-28(32-25)20-33(19-23-9-12-24(13-10-23)30(2,3)4)17-15-22-11-14-26(35-5)27(18-22)36-6/h9-14,18,21H,7-8,15-17,19-20H2,1-6H3,(H,31,34). The van der Waals surface area contributed by atoms with Gasteiger partial charge in [0.1, 0.15) is 10.7 Å². The van der Waals surface area contributed by atoms with Gasteiger partial charge in [-0.15, -0.1) is 11.3 Å². The van der Waals surface area contributed by atoms with Crippen LogP contribution in [0.3, 0.4) is 0 Å². The first-order valence-corrected chi connectivity index (χ1v) is 13.9. The lowest BCUT2D eigenvalue weighted by Gasteiger charge is -2.23. The van der Waals surface area contributed by atoms with Crippen molar-refractivity contribution in [3.8, 4) is 11.5 Å². The third-order valence-electron chi connectivity index (χ3n) is 6.35. The Kier molecular flexibility index (Phi) is 10.5. The SMILES string of the molecule is CCCCNC(=O)c1csc(CN(CCc2ccc(OC)c(OC)c2)Cc2ccc(C(C)(C)C)cc2)n1. The molecule has 0 spiro atoms. The van der Waals surface area contributed by atoms with Crippen LogP contribution in [0.25, 0.3) is 0 Å². The smallest absolute Gasteiger partial charge is 0.270 e. The van der Waals surface area contributed by atoms with Crippen LogP contribution in [0, 0.1) is 0 Å². The van der Waals surface area contributed by atoms with Crippen LogP contribution < -0.4 is 14.8 Å². The summed E-state index contributed by atoms with van der Waals surface area (Å²) in [7, 11) is 3.31. The molecule has 1 heterocycles. The van der Waals surface area contributed by atoms with E-state index >= 15 is 0 Å². The van der Waals surface area contributed by atoms with E-state index in [1.165, 1.54) is 16.7 Å². The van der Waals surface area contributed by atoms with Crippen LogP contribution in [-0.4, -0.2) is 43.1 Å². The Balaban J connectivity index is 1.74. The van der Waals surface area contributed by atoms with E-state index in [0.717, 1.165) is 48.9 Å². The predicted molar refractivity (Wildman–Crippen MR) is 152 cm³/mol. The average molecular weight is 524 g/mol. The molecule has 6 nitrogen and oxygen atoms in total. The molecule has 0 aliphatic rings. The molecule has 0 fully saturated rings. The molecule has 0 aliphatic carbocycles. The molecule has 3 aromatic rings. The molecule has 37 heavy (non-hydrogen) atoms. The zero-order valence-electron chi connectivity index (χ0n) is 23.1. The zero-order valence-corrected chi connectivity index (χ0v) is 23.9. The second kappa shape index (κ2) is 13.6. The van der Waals surface area contributed by atoms with E-state index in [4.69, 9.17) is 9.47 Å². The van der Waals surface area contributed by atoms with Crippen LogP contribution in [0.2, 0.25) is 0 Å². The van der Waals surface area contributed by atoms with Crippen molar-refractivity contribution in [3.05, 3.63) is 75.2 Å². The molecule has 0 radical (unpaired) electrons. The minimum absolute atomic E-state index is 0.0920. The van der Waals surface area contributed by atoms with Crippen LogP contribution in [0.4, 0.5) is 0 Å². The Labute approximate surface area is 226 Å². The van der Waals surface area contributed by atoms with Crippen molar-refractivity contribution in [2.24, 2.45) is 0 Å². The first kappa shape index (κ1) is 28.7. The molecule has 1 aromatic heterocycles. The summed E-state index contributed by atoms with van der Waals surface area (Å²) in [5, 5.41) is 5.77. The number of unbranched alkanes of at least 4 members (excludes halogenated alkanes) is 1. The monoisotopic (exact) mass is 523 g/mol. The predicted octanol–water partition coefficient (Wildman–Crippen LogP) is 6.23. The maximum atomic E-state index is 12.4. The van der Waals surface area contributed by atoms with Gasteiger partial charge in [-0.3, -0.25) is 9.69 Å². The van der Waals surface area contributed by atoms with Crippen molar-refractivity contribution in [2.45, 2.75) is 65.5 Å². The molecule has 1 amide bonds. The number of nitrogens with one attached hydrogen (secondary N) is 1. The summed E-state index contributed by atoms with van der Waals surface area (Å²) in [4.78, 5) is 19.5. The highest BCUT2D eigenvalue weighted by Gasteiger charge is 2.16. The number of aromatic nitrogens is 1. The fraction of sp³-hybridized carbons (Fsp3) is 0.467. The summed E-state index contributed by atoms with van der Waals surface area (Å²) in [5.74, 6) is 1.38. The molecule has 3 rings (SSSR count). The third kappa shape index (κ3) is 8.58. The van der Waals surface area contributed by atoms with Gasteiger partial charge in [0, 0.05) is 25.0 Å². The normalized spacial score (nSPS) is 11.5. The Morgan fingerprint density at radius 2 is 1.70 bits per heavy atom. The van der Waals surface area contributed by atoms with Gasteiger partial charge in [0.2, 0.25) is 0 Å². The van der Waals surface area contributed by atoms with Gasteiger partial charge >= 0.3 is 0 Å². The number of rotatable bonds is 13. The molecule has 0 aliphatic heterocycles. The number of methoxy groups -OCH3 is 2. The van der Waals surface area contributed by atoms with E-state index in [1.54, 1.807) is 25.6 Å². The first-order valence-electron chi connectivity index (χ1n) is 13.0. The van der Waals surface area contributed by atoms with Crippen molar-refractivity contribution in [1.29, 1.82) is 0 Å². The van der Waals surface area contributed by atoms with Gasteiger partial charge < -0.3 is 14.8 Å². The highest BCUT2D eigenvalue weighted by atomic mass is 32.1. The Hall–Kier alpha value is -2.90. The number of carbonyl (C=O) groups is 1. The Morgan fingerprint density at radius 1 is 1.00 bits per heavy atom. The van der Waals surface area contributed by atoms with Crippen LogP contribution in [0.5, 0.6) is 11.5 Å². The lowest BCUT2D eigenvalue weighted by atomic mass is 9.87. The number of carbonyl (C=O) groups excluding carboxylic acids is 1. The van der Waals surface area contributed by atoms with Crippen molar-refractivity contribution < 1.29 is 14.3 Å². The van der Waals surface area contributed by atoms with Crippen molar-refractivity contribution in [1.82, 2.24) is 15.2 Å². The second-order valence-electron chi connectivity index (χ2n) is 10.3. The fourth-order valence-electron chi connectivity index (χ4n) is 4.05. The minimum atomic E-state index is -0.0920. The molecule has 0 bridgehead atoms. The van der Waals surface area contributed by atoms with Gasteiger partial charge in [-0.25, -0.2) is 4.98 Å². The van der Waals surface area contributed by atoms with Crippen molar-refractivity contribution in [3.63, 3.8) is 0 Å². The molecule has 7 heteroatoms. The molecule has 1 N–H and O–H groups in total. The number of thiazole rings is 1. The number of hydrogen-bond acceptors (Lipinski definition) is 6. The summed E-state index contributed by atoms with van der Waals surface area (Å²) in [6.45, 7) is 11.8. The molecule has 0 unspecified atom stereocenters. The number of benzene rings is 2. The minimum Gasteiger partial charge on any atom is -0.493 e. The van der Waals surface area contributed by atoms with Gasteiger partial charge in [-0.2, -0.15) is 0 Å². The fourth-order valence-corrected chi connectivity index (χ4v) is 4.87. The Morgan fingerprint density at radius 3 is 2.35 bits per heavy atom. The molecule has 0 saturated heterocycles. The maximum Gasteiger partial charge on any atom is 0.270 e. The number of ether oxygens (including phenoxy) is 2. The van der Waals surface area contributed by atoms with E-state index in [0.29, 0.717) is 18.8 Å². The van der Waals surface area contributed by atoms with E-state index < -0.39 is 0 Å². The second-order valence-corrected chi connectivity index (χ2v) is 11.3. The largest absolute Gasteiger partial charge is 0.493 e. The summed E-state index contributed by atoms with van der Waals surface area (Å²) in [6.07, 6.45) is 2.88. The number of nitrogens with zero attached hydrogens (tertiary/aromatic N) is 2. The maximum absolute atomic E-state index is 12.4. The highest BCUT2D eigenvalue weighted by molar-refractivity contribution is 7.09. The van der Waals surface area contributed by atoms with E-state index in [1.807, 2.05) is 17.5 Å². The van der Waals surface area contributed by atoms with E-state index in [-0.39, 0.29) is 11.3 Å². The Bertz CT molecular complexity index is 1140. The summed E-state index contributed by atoms with van der Waals surface area (Å²) < 4.78 is 10.9. The average Bonchev–Trinajstić information content (AvgIpc) is 3.35.